The van der Waals surface area contributed by atoms with Crippen LogP contribution in [0.2, 0.25) is 5.02 Å². The lowest BCUT2D eigenvalue weighted by Gasteiger charge is -2.15. The van der Waals surface area contributed by atoms with Gasteiger partial charge < -0.3 is 10.4 Å². The van der Waals surface area contributed by atoms with Crippen LogP contribution in [0.5, 0.6) is 0 Å². The highest BCUT2D eigenvalue weighted by Crippen LogP contribution is 2.10. The average Bonchev–Trinajstić information content (AvgIpc) is 2.40. The van der Waals surface area contributed by atoms with Gasteiger partial charge in [-0.1, -0.05) is 63.0 Å². The van der Waals surface area contributed by atoms with E-state index in [9.17, 15) is 5.11 Å². The average molecular weight is 308 g/mol. The normalized spacial score (nSPS) is 12.4. The molecule has 0 spiro atoms. The Morgan fingerprint density at radius 1 is 1.11 bits per heavy atom. The molecular formula is C15H27Cl2NO. The maximum Gasteiger partial charge on any atom is 0.148 e. The lowest BCUT2D eigenvalue weighted by Crippen LogP contribution is -2.33. The summed E-state index contributed by atoms with van der Waals surface area (Å²) in [7, 11) is 0. The predicted molar refractivity (Wildman–Crippen MR) is 87.2 cm³/mol. The third kappa shape index (κ3) is 13.9. The highest BCUT2D eigenvalue weighted by atomic mass is 35.5. The number of rotatable bonds is 5. The van der Waals surface area contributed by atoms with Crippen molar-refractivity contribution in [1.29, 1.82) is 0 Å². The van der Waals surface area contributed by atoms with Crippen molar-refractivity contribution in [2.75, 3.05) is 13.1 Å². The van der Waals surface area contributed by atoms with Crippen molar-refractivity contribution >= 4 is 23.2 Å². The van der Waals surface area contributed by atoms with Gasteiger partial charge in [-0.3, -0.25) is 0 Å². The van der Waals surface area contributed by atoms with Crippen LogP contribution >= 0.6 is 23.2 Å². The molecule has 1 aromatic carbocycles. The van der Waals surface area contributed by atoms with E-state index >= 15 is 0 Å². The third-order valence-corrected chi connectivity index (χ3v) is 2.34. The van der Waals surface area contributed by atoms with E-state index in [1.807, 2.05) is 52.0 Å². The molecule has 0 aliphatic rings. The van der Waals surface area contributed by atoms with Crippen molar-refractivity contribution < 1.29 is 5.11 Å². The molecule has 2 nitrogen and oxygen atoms in total. The molecule has 0 aliphatic carbocycles. The van der Waals surface area contributed by atoms with Gasteiger partial charge >= 0.3 is 0 Å². The molecule has 4 heteroatoms. The largest absolute Gasteiger partial charge is 0.374 e. The monoisotopic (exact) mass is 307 g/mol. The van der Waals surface area contributed by atoms with E-state index in [4.69, 9.17) is 23.2 Å². The summed E-state index contributed by atoms with van der Waals surface area (Å²) in [6.45, 7) is 10.7. The van der Waals surface area contributed by atoms with Crippen LogP contribution in [-0.2, 0) is 6.42 Å². The van der Waals surface area contributed by atoms with Crippen molar-refractivity contribution in [1.82, 2.24) is 5.32 Å². The summed E-state index contributed by atoms with van der Waals surface area (Å²) in [6, 6.07) is 7.72. The van der Waals surface area contributed by atoms with Gasteiger partial charge in [0, 0.05) is 11.6 Å². The van der Waals surface area contributed by atoms with Crippen LogP contribution in [0.25, 0.3) is 0 Å². The van der Waals surface area contributed by atoms with Crippen LogP contribution in [-0.4, -0.2) is 23.3 Å². The Morgan fingerprint density at radius 3 is 2.00 bits per heavy atom. The van der Waals surface area contributed by atoms with Crippen LogP contribution in [0.1, 0.15) is 40.2 Å². The lowest BCUT2D eigenvalue weighted by atomic mass is 10.1. The summed E-state index contributed by atoms with van der Waals surface area (Å²) in [6.07, 6.45) is 0.893. The zero-order valence-electron chi connectivity index (χ0n) is 12.6. The fourth-order valence-corrected chi connectivity index (χ4v) is 1.42. The Hall–Kier alpha value is -0.280. The molecule has 1 rings (SSSR count). The number of halogens is 2. The van der Waals surface area contributed by atoms with Gasteiger partial charge in [0.05, 0.1) is 0 Å². The Balaban J connectivity index is 0. The van der Waals surface area contributed by atoms with Gasteiger partial charge in [-0.05, 0) is 37.6 Å². The van der Waals surface area contributed by atoms with E-state index in [1.165, 1.54) is 5.56 Å². The summed E-state index contributed by atoms with van der Waals surface area (Å²) in [4.78, 5) is 0. The van der Waals surface area contributed by atoms with Crippen molar-refractivity contribution in [2.45, 2.75) is 46.1 Å². The summed E-state index contributed by atoms with van der Waals surface area (Å²) < 4.78 is 0. The van der Waals surface area contributed by atoms with E-state index < -0.39 is 5.06 Å². The summed E-state index contributed by atoms with van der Waals surface area (Å²) >= 11 is 11.4. The molecule has 1 aromatic rings. The van der Waals surface area contributed by atoms with E-state index in [0.29, 0.717) is 6.54 Å². The van der Waals surface area contributed by atoms with Gasteiger partial charge in [-0.15, -0.1) is 0 Å². The molecule has 1 atom stereocenters. The van der Waals surface area contributed by atoms with E-state index in [1.54, 1.807) is 6.92 Å². The quantitative estimate of drug-likeness (QED) is 0.621. The van der Waals surface area contributed by atoms with Gasteiger partial charge in [0.1, 0.15) is 5.06 Å². The summed E-state index contributed by atoms with van der Waals surface area (Å²) in [5.74, 6) is 0. The fourth-order valence-electron chi connectivity index (χ4n) is 1.20. The minimum Gasteiger partial charge on any atom is -0.374 e. The van der Waals surface area contributed by atoms with E-state index in [2.05, 4.69) is 5.32 Å². The minimum atomic E-state index is -1.17. The molecule has 0 saturated carbocycles. The Kier molecular flexibility index (Phi) is 14.1. The molecule has 19 heavy (non-hydrogen) atoms. The number of aliphatic hydroxyl groups is 1. The topological polar surface area (TPSA) is 32.3 Å². The first-order chi connectivity index (χ1) is 8.97. The Labute approximate surface area is 128 Å². The van der Waals surface area contributed by atoms with Gasteiger partial charge in [-0.25, -0.2) is 0 Å². The SMILES string of the molecule is CC.CC.CC(O)(Cl)CNCCc1ccc(Cl)cc1. The highest BCUT2D eigenvalue weighted by molar-refractivity contribution is 6.30. The minimum absolute atomic E-state index is 0.377. The van der Waals surface area contributed by atoms with Crippen LogP contribution < -0.4 is 5.32 Å². The van der Waals surface area contributed by atoms with Crippen LogP contribution in [0, 0.1) is 0 Å². The van der Waals surface area contributed by atoms with E-state index in [0.717, 1.165) is 18.0 Å². The van der Waals surface area contributed by atoms with Gasteiger partial charge in [-0.2, -0.15) is 0 Å². The molecule has 2 N–H and O–H groups in total. The number of nitrogens with one attached hydrogen (secondary N) is 1. The van der Waals surface area contributed by atoms with E-state index in [-0.39, 0.29) is 0 Å². The molecule has 0 aliphatic heterocycles. The van der Waals surface area contributed by atoms with Gasteiger partial charge in [0.15, 0.2) is 0 Å². The number of alkyl halides is 1. The molecule has 0 aromatic heterocycles. The molecule has 0 fully saturated rings. The van der Waals surface area contributed by atoms with Gasteiger partial charge in [0.2, 0.25) is 0 Å². The number of hydrogen-bond acceptors (Lipinski definition) is 2. The fraction of sp³-hybridized carbons (Fsp3) is 0.600. The summed E-state index contributed by atoms with van der Waals surface area (Å²) in [5, 5.41) is 11.9. The van der Waals surface area contributed by atoms with Gasteiger partial charge in [0.25, 0.3) is 0 Å². The first-order valence-corrected chi connectivity index (χ1v) is 7.59. The number of hydrogen-bond donors (Lipinski definition) is 2. The molecule has 0 bridgehead atoms. The second-order valence-corrected chi connectivity index (χ2v) is 4.95. The molecule has 0 radical (unpaired) electrons. The summed E-state index contributed by atoms with van der Waals surface area (Å²) in [5.41, 5.74) is 1.21. The zero-order valence-corrected chi connectivity index (χ0v) is 14.1. The molecule has 0 amide bonds. The van der Waals surface area contributed by atoms with Crippen LogP contribution in [0.4, 0.5) is 0 Å². The highest BCUT2D eigenvalue weighted by Gasteiger charge is 2.13. The second-order valence-electron chi connectivity index (χ2n) is 3.70. The standard InChI is InChI=1S/C11H15Cl2NO.2C2H6/c1-11(13,15)8-14-7-6-9-2-4-10(12)5-3-9;2*1-2/h2-5,14-15H,6-8H2,1H3;2*1-2H3. The molecule has 0 saturated heterocycles. The van der Waals surface area contributed by atoms with Crippen molar-refractivity contribution in [3.05, 3.63) is 34.9 Å². The molecule has 1 unspecified atom stereocenters. The molecule has 0 heterocycles. The third-order valence-electron chi connectivity index (χ3n) is 1.95. The van der Waals surface area contributed by atoms with Crippen molar-refractivity contribution in [3.8, 4) is 0 Å². The first-order valence-electron chi connectivity index (χ1n) is 6.84. The first kappa shape index (κ1) is 21.0. The zero-order chi connectivity index (χ0) is 15.3. The molecular weight excluding hydrogens is 281 g/mol. The smallest absolute Gasteiger partial charge is 0.148 e. The number of benzene rings is 1. The maximum absolute atomic E-state index is 9.24. The maximum atomic E-state index is 9.24. The van der Waals surface area contributed by atoms with Crippen molar-refractivity contribution in [2.24, 2.45) is 0 Å². The lowest BCUT2D eigenvalue weighted by molar-refractivity contribution is 0.147. The van der Waals surface area contributed by atoms with Crippen molar-refractivity contribution in [3.63, 3.8) is 0 Å². The van der Waals surface area contributed by atoms with Crippen LogP contribution in [0.3, 0.4) is 0 Å². The molecule has 112 valence electrons. The van der Waals surface area contributed by atoms with Crippen LogP contribution in [0.15, 0.2) is 24.3 Å². The Bertz CT molecular complexity index is 294. The predicted octanol–water partition coefficient (Wildman–Crippen LogP) is 4.47. The Morgan fingerprint density at radius 2 is 1.58 bits per heavy atom. The second kappa shape index (κ2) is 12.7.